The Labute approximate surface area is 132 Å². The summed E-state index contributed by atoms with van der Waals surface area (Å²) < 4.78 is 21.2. The van der Waals surface area contributed by atoms with Crippen LogP contribution in [0, 0.1) is 11.8 Å². The summed E-state index contributed by atoms with van der Waals surface area (Å²) in [7, 11) is 0. The van der Waals surface area contributed by atoms with Crippen LogP contribution in [0.2, 0.25) is 0 Å². The summed E-state index contributed by atoms with van der Waals surface area (Å²) in [4.78, 5) is 21.9. The molecule has 4 atom stereocenters. The van der Waals surface area contributed by atoms with E-state index in [1.807, 2.05) is 0 Å². The maximum atomic E-state index is 11.9. The first kappa shape index (κ1) is 13.0. The third-order valence-electron chi connectivity index (χ3n) is 3.55. The number of hydrogen-bond acceptors (Lipinski definition) is 8. The van der Waals surface area contributed by atoms with E-state index in [0.717, 1.165) is 10.9 Å². The van der Waals surface area contributed by atoms with Crippen molar-refractivity contribution in [2.24, 2.45) is 0 Å². The molecular formula is C13H15N5O5. The van der Waals surface area contributed by atoms with Gasteiger partial charge in [-0.05, 0) is 6.92 Å². The van der Waals surface area contributed by atoms with Gasteiger partial charge in [0.1, 0.15) is 12.2 Å². The molecule has 23 heavy (non-hydrogen) atoms. The van der Waals surface area contributed by atoms with Gasteiger partial charge in [-0.3, -0.25) is 14.3 Å². The second-order valence-electron chi connectivity index (χ2n) is 4.96. The lowest BCUT2D eigenvalue weighted by atomic mass is 9.94. The number of aromatic nitrogens is 4. The molecule has 0 bridgehead atoms. The number of nitrogens with two attached hydrogens (primary N) is 1. The number of nitrogens with zero attached hydrogens (tertiary/aromatic N) is 3. The fraction of sp³-hybridized carbons (Fsp3) is 0.462. The monoisotopic (exact) mass is 323 g/mol. The predicted molar refractivity (Wildman–Crippen MR) is 78.0 cm³/mol. The number of hydrogen-bond donors (Lipinski definition) is 5. The predicted octanol–water partition coefficient (Wildman–Crippen LogP) is -2.29. The smallest absolute Gasteiger partial charge is 0.280 e. The van der Waals surface area contributed by atoms with E-state index in [2.05, 4.69) is 26.8 Å². The van der Waals surface area contributed by atoms with Gasteiger partial charge in [-0.1, -0.05) is 5.92 Å². The Bertz CT molecular complexity index is 942. The zero-order valence-electron chi connectivity index (χ0n) is 13.9. The summed E-state index contributed by atoms with van der Waals surface area (Å²) in [5.74, 6) is 4.58. The topological polar surface area (TPSA) is 160 Å². The molecule has 1 fully saturated rings. The van der Waals surface area contributed by atoms with Gasteiger partial charge in [0.25, 0.3) is 5.56 Å². The van der Waals surface area contributed by atoms with E-state index < -0.39 is 36.2 Å². The lowest BCUT2D eigenvalue weighted by Crippen LogP contribution is -2.45. The van der Waals surface area contributed by atoms with Crippen molar-refractivity contribution in [3.63, 3.8) is 0 Å². The van der Waals surface area contributed by atoms with Crippen molar-refractivity contribution in [1.82, 2.24) is 19.5 Å². The number of aliphatic hydroxyl groups excluding tert-OH is 1. The number of fused-ring (bicyclic) bond motifs is 1. The maximum absolute atomic E-state index is 11.9. The zero-order chi connectivity index (χ0) is 18.6. The summed E-state index contributed by atoms with van der Waals surface area (Å²) in [6, 6.07) is 0. The lowest BCUT2D eigenvalue weighted by Gasteiger charge is -2.26. The number of nitrogens with one attached hydrogen (secondary N) is 1. The van der Waals surface area contributed by atoms with Crippen molar-refractivity contribution in [3.05, 3.63) is 16.7 Å². The molecular weight excluding hydrogens is 306 g/mol. The zero-order valence-corrected chi connectivity index (χ0v) is 11.9. The molecule has 0 radical (unpaired) electrons. The largest absolute Gasteiger partial charge is 0.394 e. The second kappa shape index (κ2) is 5.32. The molecule has 0 aliphatic carbocycles. The third kappa shape index (κ3) is 2.18. The molecule has 0 amide bonds. The fourth-order valence-corrected chi connectivity index (χ4v) is 2.52. The molecule has 10 heteroatoms. The average molecular weight is 323 g/mol. The molecule has 6 N–H and O–H groups in total. The van der Waals surface area contributed by atoms with E-state index in [9.17, 15) is 20.1 Å². The van der Waals surface area contributed by atoms with Gasteiger partial charge in [-0.25, -0.2) is 4.98 Å². The number of imidazole rings is 1. The molecule has 122 valence electrons. The van der Waals surface area contributed by atoms with Crippen LogP contribution in [0.25, 0.3) is 11.2 Å². The molecule has 2 aromatic rings. The molecule has 0 saturated carbocycles. The number of aromatic amines is 1. The number of ether oxygens (including phenoxy) is 1. The number of aliphatic hydroxyl groups is 3. The summed E-state index contributed by atoms with van der Waals surface area (Å²) in [6.07, 6.45) is -4.08. The highest BCUT2D eigenvalue weighted by Crippen LogP contribution is 2.39. The summed E-state index contributed by atoms with van der Waals surface area (Å²) in [5.41, 5.74) is 2.43. The van der Waals surface area contributed by atoms with Crippen LogP contribution in [0.4, 0.5) is 5.95 Å². The molecule has 2 aromatic heterocycles. The van der Waals surface area contributed by atoms with Crippen molar-refractivity contribution in [2.75, 3.05) is 12.3 Å². The van der Waals surface area contributed by atoms with E-state index >= 15 is 0 Å². The summed E-state index contributed by atoms with van der Waals surface area (Å²) in [5, 5.41) is 30.7. The maximum Gasteiger partial charge on any atom is 0.280 e. The van der Waals surface area contributed by atoms with Gasteiger partial charge in [0, 0.05) is 0 Å². The first-order chi connectivity index (χ1) is 11.6. The molecule has 10 nitrogen and oxygen atoms in total. The molecule has 1 aliphatic rings. The minimum Gasteiger partial charge on any atom is -0.394 e. The third-order valence-corrected chi connectivity index (χ3v) is 3.55. The molecule has 1 saturated heterocycles. The van der Waals surface area contributed by atoms with E-state index in [0.29, 0.717) is 0 Å². The van der Waals surface area contributed by atoms with Gasteiger partial charge in [0.05, 0.1) is 15.6 Å². The van der Waals surface area contributed by atoms with Gasteiger partial charge < -0.3 is 25.8 Å². The Balaban J connectivity index is 2.21. The van der Waals surface area contributed by atoms with Crippen LogP contribution >= 0.6 is 0 Å². The van der Waals surface area contributed by atoms with Gasteiger partial charge >= 0.3 is 0 Å². The minimum absolute atomic E-state index is 0.0612. The first-order valence-corrected chi connectivity index (χ1v) is 6.54. The Hall–Kier alpha value is -2.45. The average Bonchev–Trinajstić information content (AvgIpc) is 3.00. The first-order valence-electron chi connectivity index (χ1n) is 7.54. The van der Waals surface area contributed by atoms with Gasteiger partial charge in [-0.2, -0.15) is 4.98 Å². The van der Waals surface area contributed by atoms with Crippen molar-refractivity contribution in [1.29, 1.82) is 0 Å². The minimum atomic E-state index is -2.96. The number of nitrogen functional groups attached to an aromatic ring is 1. The number of rotatable bonds is 2. The van der Waals surface area contributed by atoms with Gasteiger partial charge in [0.2, 0.25) is 5.95 Å². The molecule has 3 rings (SSSR count). The molecule has 0 aromatic carbocycles. The van der Waals surface area contributed by atoms with Gasteiger partial charge in [0.15, 0.2) is 23.0 Å². The highest BCUT2D eigenvalue weighted by atomic mass is 16.6. The summed E-state index contributed by atoms with van der Waals surface area (Å²) in [6.45, 7) is -1.56. The van der Waals surface area contributed by atoms with Gasteiger partial charge in [-0.15, -0.1) is 5.92 Å². The van der Waals surface area contributed by atoms with Crippen LogP contribution < -0.4 is 11.3 Å². The lowest BCUT2D eigenvalue weighted by molar-refractivity contribution is -0.0722. The molecule has 0 spiro atoms. The molecule has 3 heterocycles. The highest BCUT2D eigenvalue weighted by Gasteiger charge is 2.55. The Morgan fingerprint density at radius 2 is 2.43 bits per heavy atom. The normalized spacial score (nSPS) is 32.3. The van der Waals surface area contributed by atoms with Crippen LogP contribution in [-0.4, -0.2) is 59.2 Å². The van der Waals surface area contributed by atoms with Crippen molar-refractivity contribution in [3.8, 4) is 11.8 Å². The number of H-pyrrole nitrogens is 1. The van der Waals surface area contributed by atoms with E-state index in [-0.39, 0.29) is 17.1 Å². The van der Waals surface area contributed by atoms with E-state index in [4.69, 9.17) is 13.2 Å². The fourth-order valence-electron chi connectivity index (χ4n) is 2.52. The Morgan fingerprint density at radius 1 is 1.70 bits per heavy atom. The SMILES string of the molecule is [2H]C([2H])(O)[C@H]1O[C@@H](n2cnc3c(=O)[nH]c(N)nc32)C(O)(C#CC)[C@H]1O. The van der Waals surface area contributed by atoms with Crippen LogP contribution in [0.3, 0.4) is 0 Å². The molecule has 1 aliphatic heterocycles. The van der Waals surface area contributed by atoms with E-state index in [1.165, 1.54) is 6.92 Å². The second-order valence-corrected chi connectivity index (χ2v) is 4.96. The van der Waals surface area contributed by atoms with E-state index in [1.54, 1.807) is 0 Å². The van der Waals surface area contributed by atoms with Crippen LogP contribution in [-0.2, 0) is 4.74 Å². The van der Waals surface area contributed by atoms with Crippen LogP contribution in [0.5, 0.6) is 0 Å². The highest BCUT2D eigenvalue weighted by molar-refractivity contribution is 5.70. The van der Waals surface area contributed by atoms with Crippen molar-refractivity contribution >= 4 is 17.1 Å². The van der Waals surface area contributed by atoms with Crippen molar-refractivity contribution in [2.45, 2.75) is 31.0 Å². The van der Waals surface area contributed by atoms with Crippen molar-refractivity contribution < 1.29 is 22.8 Å². The summed E-state index contributed by atoms with van der Waals surface area (Å²) >= 11 is 0. The molecule has 1 unspecified atom stereocenters. The standard InChI is InChI=1S/C13H15N5O5/c1-2-3-13(22)8(20)6(4-19)23-11(13)18-5-15-7-9(18)16-12(14)17-10(7)21/h5-6,8,11,19-20,22H,4H2,1H3,(H3,14,16,17,21)/t6-,8+,11-,13?/m1/s1/i4D2. The Kier molecular flexibility index (Phi) is 3.02. The van der Waals surface area contributed by atoms with Crippen LogP contribution in [0.15, 0.2) is 11.1 Å². The quantitative estimate of drug-likeness (QED) is 0.386. The Morgan fingerprint density at radius 3 is 3.09 bits per heavy atom. The number of anilines is 1. The van der Waals surface area contributed by atoms with Crippen LogP contribution in [0.1, 0.15) is 15.9 Å².